The lowest BCUT2D eigenvalue weighted by Crippen LogP contribution is -2.34. The maximum absolute atomic E-state index is 12.6. The molecule has 0 unspecified atom stereocenters. The molecule has 6 heteroatoms. The van der Waals surface area contributed by atoms with Crippen LogP contribution in [-0.2, 0) is 9.84 Å². The summed E-state index contributed by atoms with van der Waals surface area (Å²) in [6, 6.07) is 5.65. The number of benzene rings is 1. The highest BCUT2D eigenvalue weighted by Crippen LogP contribution is 2.20. The molecule has 1 aliphatic heterocycles. The van der Waals surface area contributed by atoms with E-state index < -0.39 is 9.84 Å². The second-order valence-electron chi connectivity index (χ2n) is 5.10. The molecule has 0 bridgehead atoms. The molecule has 1 aliphatic rings. The van der Waals surface area contributed by atoms with Gasteiger partial charge in [0.2, 0.25) is 0 Å². The first-order valence-corrected chi connectivity index (χ1v) is 8.53. The van der Waals surface area contributed by atoms with Crippen LogP contribution >= 0.6 is 0 Å². The lowest BCUT2D eigenvalue weighted by Gasteiger charge is -2.21. The summed E-state index contributed by atoms with van der Waals surface area (Å²) in [5.74, 6) is 0.123. The van der Waals surface area contributed by atoms with Crippen LogP contribution in [0.15, 0.2) is 18.2 Å². The van der Waals surface area contributed by atoms with E-state index >= 15 is 0 Å². The third kappa shape index (κ3) is 3.30. The van der Waals surface area contributed by atoms with Gasteiger partial charge in [-0.2, -0.15) is 0 Å². The van der Waals surface area contributed by atoms with E-state index in [0.717, 1.165) is 11.3 Å². The maximum atomic E-state index is 12.6. The Kier molecular flexibility index (Phi) is 4.32. The van der Waals surface area contributed by atoms with Crippen molar-refractivity contribution in [2.24, 2.45) is 0 Å². The zero-order valence-electron chi connectivity index (χ0n) is 11.8. The Labute approximate surface area is 119 Å². The summed E-state index contributed by atoms with van der Waals surface area (Å²) in [5, 5.41) is 3.01. The van der Waals surface area contributed by atoms with E-state index in [1.165, 1.54) is 0 Å². The van der Waals surface area contributed by atoms with Crippen molar-refractivity contribution >= 4 is 21.4 Å². The molecule has 0 saturated carbocycles. The lowest BCUT2D eigenvalue weighted by molar-refractivity contribution is 0.0769. The molecule has 0 radical (unpaired) electrons. The molecule has 0 aromatic heterocycles. The zero-order chi connectivity index (χ0) is 14.8. The molecule has 2 rings (SSSR count). The van der Waals surface area contributed by atoms with Crippen LogP contribution in [0.3, 0.4) is 0 Å². The number of anilines is 1. The SMILES string of the molecule is CNc1ccc(C)cc1C(=O)N1CCCS(=O)(=O)CC1. The van der Waals surface area contributed by atoms with Gasteiger partial charge < -0.3 is 10.2 Å². The van der Waals surface area contributed by atoms with E-state index in [1.54, 1.807) is 11.9 Å². The van der Waals surface area contributed by atoms with E-state index in [9.17, 15) is 13.2 Å². The predicted octanol–water partition coefficient (Wildman–Crippen LogP) is 1.30. The molecule has 1 aromatic rings. The van der Waals surface area contributed by atoms with Gasteiger partial charge in [-0.25, -0.2) is 8.42 Å². The van der Waals surface area contributed by atoms with Crippen LogP contribution in [0.25, 0.3) is 0 Å². The number of carbonyl (C=O) groups is 1. The Balaban J connectivity index is 2.25. The maximum Gasteiger partial charge on any atom is 0.255 e. The topological polar surface area (TPSA) is 66.5 Å². The Hall–Kier alpha value is -1.56. The first-order chi connectivity index (χ1) is 9.43. The third-order valence-corrected chi connectivity index (χ3v) is 5.23. The van der Waals surface area contributed by atoms with Gasteiger partial charge in [0, 0.05) is 25.8 Å². The van der Waals surface area contributed by atoms with Crippen LogP contribution in [-0.4, -0.2) is 50.9 Å². The smallest absolute Gasteiger partial charge is 0.255 e. The molecule has 5 nitrogen and oxygen atoms in total. The average molecular weight is 296 g/mol. The Morgan fingerprint density at radius 3 is 2.70 bits per heavy atom. The van der Waals surface area contributed by atoms with Gasteiger partial charge in [0.25, 0.3) is 5.91 Å². The number of rotatable bonds is 2. The summed E-state index contributed by atoms with van der Waals surface area (Å²) < 4.78 is 23.2. The molecule has 110 valence electrons. The summed E-state index contributed by atoms with van der Waals surface area (Å²) in [4.78, 5) is 14.2. The zero-order valence-corrected chi connectivity index (χ0v) is 12.7. The fourth-order valence-electron chi connectivity index (χ4n) is 2.36. The van der Waals surface area contributed by atoms with Crippen LogP contribution in [0.4, 0.5) is 5.69 Å². The van der Waals surface area contributed by atoms with Gasteiger partial charge in [0.1, 0.15) is 0 Å². The van der Waals surface area contributed by atoms with Crippen molar-refractivity contribution in [3.05, 3.63) is 29.3 Å². The van der Waals surface area contributed by atoms with Gasteiger partial charge in [-0.15, -0.1) is 0 Å². The summed E-state index contributed by atoms with van der Waals surface area (Å²) >= 11 is 0. The van der Waals surface area contributed by atoms with Gasteiger partial charge in [-0.1, -0.05) is 11.6 Å². The minimum atomic E-state index is -3.00. The quantitative estimate of drug-likeness (QED) is 0.893. The van der Waals surface area contributed by atoms with Crippen molar-refractivity contribution in [3.63, 3.8) is 0 Å². The monoisotopic (exact) mass is 296 g/mol. The van der Waals surface area contributed by atoms with Crippen LogP contribution in [0.1, 0.15) is 22.3 Å². The Bertz CT molecular complexity index is 611. The molecule has 1 amide bonds. The fourth-order valence-corrected chi connectivity index (χ4v) is 3.64. The normalized spacial score (nSPS) is 18.4. The molecule has 0 spiro atoms. The van der Waals surface area contributed by atoms with E-state index in [0.29, 0.717) is 18.5 Å². The highest BCUT2D eigenvalue weighted by molar-refractivity contribution is 7.91. The number of carbonyl (C=O) groups excluding carboxylic acids is 1. The van der Waals surface area contributed by atoms with Crippen molar-refractivity contribution in [1.29, 1.82) is 0 Å². The van der Waals surface area contributed by atoms with E-state index in [-0.39, 0.29) is 24.0 Å². The van der Waals surface area contributed by atoms with Crippen LogP contribution in [0.5, 0.6) is 0 Å². The minimum absolute atomic E-state index is 0.0550. The molecule has 0 atom stereocenters. The summed E-state index contributed by atoms with van der Waals surface area (Å²) in [6.07, 6.45) is 0.509. The van der Waals surface area contributed by atoms with Gasteiger partial charge in [0.15, 0.2) is 9.84 Å². The second-order valence-corrected chi connectivity index (χ2v) is 7.40. The van der Waals surface area contributed by atoms with Crippen molar-refractivity contribution in [2.45, 2.75) is 13.3 Å². The predicted molar refractivity (Wildman–Crippen MR) is 79.9 cm³/mol. The largest absolute Gasteiger partial charge is 0.387 e. The number of nitrogens with one attached hydrogen (secondary N) is 1. The third-order valence-electron chi connectivity index (χ3n) is 3.52. The first-order valence-electron chi connectivity index (χ1n) is 6.71. The second kappa shape index (κ2) is 5.83. The molecule has 0 aliphatic carbocycles. The van der Waals surface area contributed by atoms with Gasteiger partial charge in [-0.3, -0.25) is 4.79 Å². The Morgan fingerprint density at radius 2 is 2.00 bits per heavy atom. The van der Waals surface area contributed by atoms with Crippen molar-refractivity contribution in [3.8, 4) is 0 Å². The average Bonchev–Trinajstić information content (AvgIpc) is 2.59. The molecule has 1 heterocycles. The summed E-state index contributed by atoms with van der Waals surface area (Å²) in [7, 11) is -1.23. The molecular weight excluding hydrogens is 276 g/mol. The molecule has 1 aromatic carbocycles. The van der Waals surface area contributed by atoms with E-state index in [4.69, 9.17) is 0 Å². The lowest BCUT2D eigenvalue weighted by atomic mass is 10.1. The standard InChI is InChI=1S/C14H20N2O3S/c1-11-4-5-13(15-2)12(10-11)14(17)16-6-3-8-20(18,19)9-7-16/h4-5,10,15H,3,6-9H2,1-2H3. The first kappa shape index (κ1) is 14.8. The van der Waals surface area contributed by atoms with Crippen molar-refractivity contribution < 1.29 is 13.2 Å². The number of hydrogen-bond donors (Lipinski definition) is 1. The van der Waals surface area contributed by atoms with E-state index in [1.807, 2.05) is 25.1 Å². The number of nitrogens with zero attached hydrogens (tertiary/aromatic N) is 1. The summed E-state index contributed by atoms with van der Waals surface area (Å²) in [5.41, 5.74) is 2.38. The highest BCUT2D eigenvalue weighted by atomic mass is 32.2. The number of sulfone groups is 1. The van der Waals surface area contributed by atoms with Crippen molar-refractivity contribution in [1.82, 2.24) is 4.90 Å². The minimum Gasteiger partial charge on any atom is -0.387 e. The summed E-state index contributed by atoms with van der Waals surface area (Å²) in [6.45, 7) is 2.70. The van der Waals surface area contributed by atoms with Crippen LogP contribution < -0.4 is 5.32 Å². The van der Waals surface area contributed by atoms with Crippen molar-refractivity contribution in [2.75, 3.05) is 37.0 Å². The number of aryl methyl sites for hydroxylation is 1. The van der Waals surface area contributed by atoms with Gasteiger partial charge in [0.05, 0.1) is 17.1 Å². The molecular formula is C14H20N2O3S. The van der Waals surface area contributed by atoms with Gasteiger partial charge in [-0.05, 0) is 25.5 Å². The molecule has 1 saturated heterocycles. The fraction of sp³-hybridized carbons (Fsp3) is 0.500. The Morgan fingerprint density at radius 1 is 1.25 bits per heavy atom. The molecule has 1 N–H and O–H groups in total. The number of amides is 1. The van der Waals surface area contributed by atoms with E-state index in [2.05, 4.69) is 5.32 Å². The van der Waals surface area contributed by atoms with Gasteiger partial charge >= 0.3 is 0 Å². The van der Waals surface area contributed by atoms with Crippen LogP contribution in [0.2, 0.25) is 0 Å². The highest BCUT2D eigenvalue weighted by Gasteiger charge is 2.24. The molecule has 20 heavy (non-hydrogen) atoms. The number of hydrogen-bond acceptors (Lipinski definition) is 4. The molecule has 1 fully saturated rings. The van der Waals surface area contributed by atoms with Crippen LogP contribution in [0, 0.1) is 6.92 Å².